The number of methoxy groups -OCH3 is 1. The zero-order valence-corrected chi connectivity index (χ0v) is 22.0. The summed E-state index contributed by atoms with van der Waals surface area (Å²) in [7, 11) is 1.61. The Kier molecular flexibility index (Phi) is 10.4. The minimum atomic E-state index is -1.02. The van der Waals surface area contributed by atoms with Crippen LogP contribution in [0.5, 0.6) is 11.5 Å². The molecule has 1 aliphatic heterocycles. The Hall–Kier alpha value is -3.26. The van der Waals surface area contributed by atoms with Crippen LogP contribution in [-0.2, 0) is 4.79 Å². The number of amidine groups is 1. The Bertz CT molecular complexity index is 1130. The summed E-state index contributed by atoms with van der Waals surface area (Å²) in [6.45, 7) is 5.19. The molecule has 1 fully saturated rings. The summed E-state index contributed by atoms with van der Waals surface area (Å²) in [6.07, 6.45) is 9.01. The molecule has 0 bridgehead atoms. The number of benzene rings is 2. The number of carboxylic acid groups (broad SMARTS) is 1. The van der Waals surface area contributed by atoms with E-state index in [0.717, 1.165) is 18.4 Å². The Labute approximate surface area is 217 Å². The van der Waals surface area contributed by atoms with Crippen molar-refractivity contribution in [3.63, 3.8) is 0 Å². The fraction of sp³-hybridized carbons (Fsp3) is 0.393. The van der Waals surface area contributed by atoms with Crippen molar-refractivity contribution in [2.75, 3.05) is 20.3 Å². The average Bonchev–Trinajstić information content (AvgIpc) is 3.17. The number of aromatic carboxylic acids is 1. The van der Waals surface area contributed by atoms with Crippen LogP contribution in [0.4, 0.5) is 5.69 Å². The first-order chi connectivity index (χ1) is 17.5. The normalized spacial score (nSPS) is 15.6. The van der Waals surface area contributed by atoms with Gasteiger partial charge in [-0.05, 0) is 67.1 Å². The molecule has 0 unspecified atom stereocenters. The highest BCUT2D eigenvalue weighted by atomic mass is 32.2. The Morgan fingerprint density at radius 1 is 1.06 bits per heavy atom. The van der Waals surface area contributed by atoms with Crippen LogP contribution in [0.15, 0.2) is 52.4 Å². The second kappa shape index (κ2) is 13.7. The summed E-state index contributed by atoms with van der Waals surface area (Å²) < 4.78 is 11.5. The van der Waals surface area contributed by atoms with E-state index in [0.29, 0.717) is 40.4 Å². The van der Waals surface area contributed by atoms with E-state index in [1.165, 1.54) is 49.6 Å². The lowest BCUT2D eigenvalue weighted by Crippen LogP contribution is -2.28. The van der Waals surface area contributed by atoms with Crippen molar-refractivity contribution in [3.05, 3.63) is 58.5 Å². The van der Waals surface area contributed by atoms with E-state index in [9.17, 15) is 14.7 Å². The van der Waals surface area contributed by atoms with Crippen LogP contribution in [0.3, 0.4) is 0 Å². The number of likely N-dealkylation sites (N-methyl/N-ethyl adjacent to an activating group) is 1. The van der Waals surface area contributed by atoms with Crippen LogP contribution in [0.25, 0.3) is 6.08 Å². The third-order valence-corrected chi connectivity index (χ3v) is 6.77. The summed E-state index contributed by atoms with van der Waals surface area (Å²) in [5, 5.41) is 9.75. The summed E-state index contributed by atoms with van der Waals surface area (Å²) in [4.78, 5) is 30.9. The van der Waals surface area contributed by atoms with Gasteiger partial charge in [0.15, 0.2) is 16.7 Å². The molecule has 0 spiro atoms. The number of amides is 1. The molecule has 1 aliphatic rings. The molecule has 2 aromatic rings. The number of thioether (sulfide) groups is 1. The summed E-state index contributed by atoms with van der Waals surface area (Å²) >= 11 is 1.27. The Morgan fingerprint density at radius 2 is 1.83 bits per heavy atom. The Morgan fingerprint density at radius 3 is 2.56 bits per heavy atom. The van der Waals surface area contributed by atoms with Gasteiger partial charge >= 0.3 is 5.97 Å². The van der Waals surface area contributed by atoms with E-state index in [1.807, 2.05) is 31.2 Å². The van der Waals surface area contributed by atoms with E-state index >= 15 is 0 Å². The minimum absolute atomic E-state index is 0.141. The first kappa shape index (κ1) is 27.3. The minimum Gasteiger partial charge on any atom is -0.493 e. The maximum Gasteiger partial charge on any atom is 0.335 e. The molecule has 0 atom stereocenters. The van der Waals surface area contributed by atoms with Crippen molar-refractivity contribution in [1.29, 1.82) is 0 Å². The molecule has 1 amide bonds. The van der Waals surface area contributed by atoms with Gasteiger partial charge in [0.2, 0.25) is 0 Å². The van der Waals surface area contributed by atoms with Gasteiger partial charge in [0.05, 0.1) is 29.9 Å². The topological polar surface area (TPSA) is 88.4 Å². The van der Waals surface area contributed by atoms with Crippen LogP contribution in [0, 0.1) is 0 Å². The van der Waals surface area contributed by atoms with Crippen molar-refractivity contribution in [2.45, 2.75) is 52.4 Å². The van der Waals surface area contributed by atoms with Crippen molar-refractivity contribution in [3.8, 4) is 11.5 Å². The van der Waals surface area contributed by atoms with Gasteiger partial charge in [0, 0.05) is 6.54 Å². The zero-order valence-electron chi connectivity index (χ0n) is 21.2. The smallest absolute Gasteiger partial charge is 0.335 e. The molecule has 8 heteroatoms. The molecule has 2 aromatic carbocycles. The Balaban J connectivity index is 1.71. The largest absolute Gasteiger partial charge is 0.493 e. The number of carboxylic acids is 1. The van der Waals surface area contributed by atoms with Crippen molar-refractivity contribution < 1.29 is 24.2 Å². The molecule has 0 saturated carbocycles. The number of hydrogen-bond donors (Lipinski definition) is 1. The van der Waals surface area contributed by atoms with Crippen molar-refractivity contribution >= 4 is 40.6 Å². The van der Waals surface area contributed by atoms with Crippen molar-refractivity contribution in [2.24, 2.45) is 4.99 Å². The number of hydrogen-bond acceptors (Lipinski definition) is 6. The van der Waals surface area contributed by atoms with E-state index in [2.05, 4.69) is 11.9 Å². The number of carbonyl (C=O) groups excluding carboxylic acids is 1. The lowest BCUT2D eigenvalue weighted by atomic mass is 10.1. The third-order valence-electron chi connectivity index (χ3n) is 5.76. The van der Waals surface area contributed by atoms with E-state index in [1.54, 1.807) is 24.1 Å². The second-order valence-electron chi connectivity index (χ2n) is 8.44. The molecule has 1 heterocycles. The zero-order chi connectivity index (χ0) is 25.9. The lowest BCUT2D eigenvalue weighted by Gasteiger charge is -2.12. The fourth-order valence-electron chi connectivity index (χ4n) is 3.80. The van der Waals surface area contributed by atoms with Crippen LogP contribution < -0.4 is 9.47 Å². The van der Waals surface area contributed by atoms with Crippen LogP contribution in [-0.4, -0.2) is 47.3 Å². The van der Waals surface area contributed by atoms with Crippen LogP contribution >= 0.6 is 11.8 Å². The van der Waals surface area contributed by atoms with Gasteiger partial charge in [-0.3, -0.25) is 9.69 Å². The summed E-state index contributed by atoms with van der Waals surface area (Å²) in [5.41, 5.74) is 1.45. The molecule has 36 heavy (non-hydrogen) atoms. The highest BCUT2D eigenvalue weighted by Crippen LogP contribution is 2.36. The maximum absolute atomic E-state index is 13.0. The maximum atomic E-state index is 13.0. The van der Waals surface area contributed by atoms with Gasteiger partial charge in [-0.25, -0.2) is 9.79 Å². The predicted molar refractivity (Wildman–Crippen MR) is 145 cm³/mol. The molecule has 0 radical (unpaired) electrons. The van der Waals surface area contributed by atoms with Crippen LogP contribution in [0.1, 0.15) is 68.3 Å². The molecule has 3 rings (SSSR count). The summed E-state index contributed by atoms with van der Waals surface area (Å²) in [5.74, 6) is 0.151. The van der Waals surface area contributed by atoms with Gasteiger partial charge in [-0.1, -0.05) is 51.2 Å². The average molecular weight is 511 g/mol. The number of nitrogens with zero attached hydrogens (tertiary/aromatic N) is 2. The molecule has 0 aromatic heterocycles. The quantitative estimate of drug-likeness (QED) is 0.237. The molecule has 192 valence electrons. The molecule has 0 aliphatic carbocycles. The van der Waals surface area contributed by atoms with E-state index in [4.69, 9.17) is 9.47 Å². The first-order valence-corrected chi connectivity index (χ1v) is 13.2. The molecule has 1 N–H and O–H groups in total. The van der Waals surface area contributed by atoms with Crippen molar-refractivity contribution in [1.82, 2.24) is 4.90 Å². The second-order valence-corrected chi connectivity index (χ2v) is 9.45. The molecular formula is C28H34N2O5S. The highest BCUT2D eigenvalue weighted by molar-refractivity contribution is 8.18. The molecule has 7 nitrogen and oxygen atoms in total. The van der Waals surface area contributed by atoms with E-state index in [-0.39, 0.29) is 11.5 Å². The highest BCUT2D eigenvalue weighted by Gasteiger charge is 2.32. The standard InChI is InChI=1S/C28H34N2O5S/c1-4-6-7-8-9-10-16-35-23-15-14-20(17-24(23)34-3)18-25-26(31)30(5-2)28(36-25)29-22-13-11-12-21(19-22)27(32)33/h11-15,17-19H,4-10,16H2,1-3H3,(H,32,33)/b25-18-,29-28?. The lowest BCUT2D eigenvalue weighted by molar-refractivity contribution is -0.122. The van der Waals surface area contributed by atoms with Gasteiger partial charge in [-0.2, -0.15) is 0 Å². The number of unbranched alkanes of at least 4 members (excludes halogenated alkanes) is 5. The van der Waals surface area contributed by atoms with Crippen LogP contribution in [0.2, 0.25) is 0 Å². The SMILES string of the molecule is CCCCCCCCOc1ccc(/C=C2\SC(=Nc3cccc(C(=O)O)c3)N(CC)C2=O)cc1OC. The van der Waals surface area contributed by atoms with Gasteiger partial charge in [0.1, 0.15) is 0 Å². The number of aliphatic imine (C=N–C) groups is 1. The fourth-order valence-corrected chi connectivity index (χ4v) is 4.86. The summed E-state index contributed by atoms with van der Waals surface area (Å²) in [6, 6.07) is 12.0. The molecule has 1 saturated heterocycles. The van der Waals surface area contributed by atoms with Gasteiger partial charge in [-0.15, -0.1) is 0 Å². The third kappa shape index (κ3) is 7.37. The monoisotopic (exact) mass is 510 g/mol. The van der Waals surface area contributed by atoms with Gasteiger partial charge < -0.3 is 14.6 Å². The number of ether oxygens (including phenoxy) is 2. The predicted octanol–water partition coefficient (Wildman–Crippen LogP) is 6.76. The number of rotatable bonds is 13. The molecular weight excluding hydrogens is 476 g/mol. The first-order valence-electron chi connectivity index (χ1n) is 12.4. The number of carbonyl (C=O) groups is 2. The van der Waals surface area contributed by atoms with Gasteiger partial charge in [0.25, 0.3) is 5.91 Å². The van der Waals surface area contributed by atoms with E-state index < -0.39 is 5.97 Å².